The van der Waals surface area contributed by atoms with Crippen LogP contribution >= 0.6 is 11.3 Å². The monoisotopic (exact) mass is 325 g/mol. The van der Waals surface area contributed by atoms with Gasteiger partial charge in [-0.15, -0.1) is 11.3 Å². The van der Waals surface area contributed by atoms with Gasteiger partial charge in [0.25, 0.3) is 0 Å². The van der Waals surface area contributed by atoms with Gasteiger partial charge in [0.15, 0.2) is 5.52 Å². The van der Waals surface area contributed by atoms with Gasteiger partial charge >= 0.3 is 0 Å². The number of aryl methyl sites for hydroxylation is 1. The molecule has 0 radical (unpaired) electrons. The van der Waals surface area contributed by atoms with Crippen LogP contribution in [0.5, 0.6) is 0 Å². The van der Waals surface area contributed by atoms with E-state index in [9.17, 15) is 5.21 Å². The van der Waals surface area contributed by atoms with Gasteiger partial charge in [-0.25, -0.2) is 4.98 Å². The Morgan fingerprint density at radius 2 is 2.04 bits per heavy atom. The zero-order chi connectivity index (χ0) is 15.8. The number of rotatable bonds is 4. The molecule has 0 aliphatic heterocycles. The van der Waals surface area contributed by atoms with Crippen molar-refractivity contribution < 1.29 is 9.47 Å². The van der Waals surface area contributed by atoms with Crippen LogP contribution in [0, 0.1) is 5.21 Å². The van der Waals surface area contributed by atoms with Gasteiger partial charge < -0.3 is 14.5 Å². The van der Waals surface area contributed by atoms with Gasteiger partial charge in [0.1, 0.15) is 17.1 Å². The minimum Gasteiger partial charge on any atom is -0.618 e. The van der Waals surface area contributed by atoms with Crippen molar-refractivity contribution in [2.75, 3.05) is 0 Å². The zero-order valence-corrected chi connectivity index (χ0v) is 13.4. The molecule has 116 valence electrons. The summed E-state index contributed by atoms with van der Waals surface area (Å²) < 4.78 is 9.63. The van der Waals surface area contributed by atoms with E-state index in [0.29, 0.717) is 24.2 Å². The van der Waals surface area contributed by atoms with Gasteiger partial charge in [-0.1, -0.05) is 30.3 Å². The Hall–Kier alpha value is -2.44. The fraction of sp³-hybridized carbons (Fsp3) is 0.176. The summed E-state index contributed by atoms with van der Waals surface area (Å²) in [6.45, 7) is 0.950. The summed E-state index contributed by atoms with van der Waals surface area (Å²) in [4.78, 5) is 4.56. The molecular formula is C17H15N3O2S. The number of fused-ring (bicyclic) bond motifs is 3. The first kappa shape index (κ1) is 14.2. The zero-order valence-electron chi connectivity index (χ0n) is 12.6. The minimum absolute atomic E-state index is 0.409. The Morgan fingerprint density at radius 1 is 1.22 bits per heavy atom. The highest BCUT2D eigenvalue weighted by Crippen LogP contribution is 2.27. The standard InChI is InChI=1S/C17H15N3O2S/c1-19-15(11-22-10-12-5-3-2-4-6-12)18-13-9-20(21)14-7-8-23-17(14)16(13)19/h2-9H,10-11H2,1H3. The normalized spacial score (nSPS) is 11.5. The molecule has 0 fully saturated rings. The molecule has 4 rings (SSSR count). The van der Waals surface area contributed by atoms with Gasteiger partial charge in [0.2, 0.25) is 11.7 Å². The van der Waals surface area contributed by atoms with Crippen LogP contribution < -0.4 is 4.73 Å². The number of ether oxygens (including phenoxy) is 1. The van der Waals surface area contributed by atoms with Crippen LogP contribution in [0.2, 0.25) is 0 Å². The maximum absolute atomic E-state index is 12.0. The van der Waals surface area contributed by atoms with Crippen molar-refractivity contribution in [1.82, 2.24) is 9.55 Å². The van der Waals surface area contributed by atoms with Gasteiger partial charge in [-0.3, -0.25) is 0 Å². The van der Waals surface area contributed by atoms with Crippen LogP contribution in [0.1, 0.15) is 11.4 Å². The van der Waals surface area contributed by atoms with E-state index in [1.165, 1.54) is 6.20 Å². The van der Waals surface area contributed by atoms with E-state index in [1.54, 1.807) is 11.3 Å². The molecule has 1 aromatic carbocycles. The van der Waals surface area contributed by atoms with Gasteiger partial charge in [0.05, 0.1) is 12.1 Å². The number of hydrogen-bond acceptors (Lipinski definition) is 4. The third kappa shape index (κ3) is 2.46. The van der Waals surface area contributed by atoms with E-state index in [4.69, 9.17) is 4.74 Å². The van der Waals surface area contributed by atoms with Crippen LogP contribution in [-0.4, -0.2) is 9.55 Å². The minimum atomic E-state index is 0.409. The lowest BCUT2D eigenvalue weighted by Crippen LogP contribution is -2.25. The first-order chi connectivity index (χ1) is 11.2. The van der Waals surface area contributed by atoms with Crippen molar-refractivity contribution in [3.05, 3.63) is 64.6 Å². The second-order valence-electron chi connectivity index (χ2n) is 5.39. The van der Waals surface area contributed by atoms with E-state index < -0.39 is 0 Å². The molecule has 0 saturated heterocycles. The van der Waals surface area contributed by atoms with E-state index in [0.717, 1.165) is 26.3 Å². The average Bonchev–Trinajstić information content (AvgIpc) is 3.14. The quantitative estimate of drug-likeness (QED) is 0.428. The number of benzene rings is 1. The molecule has 0 N–H and O–H groups in total. The highest BCUT2D eigenvalue weighted by atomic mass is 32.1. The molecule has 0 atom stereocenters. The van der Waals surface area contributed by atoms with Gasteiger partial charge in [0, 0.05) is 13.1 Å². The number of hydrogen-bond donors (Lipinski definition) is 0. The number of aromatic nitrogens is 3. The molecule has 23 heavy (non-hydrogen) atoms. The number of thiophene rings is 1. The molecular weight excluding hydrogens is 310 g/mol. The third-order valence-corrected chi connectivity index (χ3v) is 4.80. The molecule has 0 aliphatic carbocycles. The number of nitrogens with zero attached hydrogens (tertiary/aromatic N) is 3. The Bertz CT molecular complexity index is 976. The third-order valence-electron chi connectivity index (χ3n) is 3.89. The Kier molecular flexibility index (Phi) is 3.48. The summed E-state index contributed by atoms with van der Waals surface area (Å²) in [5.74, 6) is 0.817. The predicted octanol–water partition coefficient (Wildman–Crippen LogP) is 3.14. The lowest BCUT2D eigenvalue weighted by Gasteiger charge is -2.05. The second kappa shape index (κ2) is 5.64. The maximum Gasteiger partial charge on any atom is 0.236 e. The van der Waals surface area contributed by atoms with Gasteiger partial charge in [-0.05, 0) is 10.9 Å². The highest BCUT2D eigenvalue weighted by molar-refractivity contribution is 7.18. The van der Waals surface area contributed by atoms with Gasteiger partial charge in [-0.2, -0.15) is 4.73 Å². The van der Waals surface area contributed by atoms with Crippen molar-refractivity contribution in [2.45, 2.75) is 13.2 Å². The largest absolute Gasteiger partial charge is 0.618 e. The number of imidazole rings is 1. The summed E-state index contributed by atoms with van der Waals surface area (Å²) in [6, 6.07) is 11.9. The second-order valence-corrected chi connectivity index (χ2v) is 6.31. The Morgan fingerprint density at radius 3 is 2.87 bits per heavy atom. The van der Waals surface area contributed by atoms with Crippen LogP contribution in [0.4, 0.5) is 0 Å². The van der Waals surface area contributed by atoms with Crippen molar-refractivity contribution in [3.8, 4) is 0 Å². The summed E-state index contributed by atoms with van der Waals surface area (Å²) in [6.07, 6.45) is 1.53. The van der Waals surface area contributed by atoms with Crippen molar-refractivity contribution in [3.63, 3.8) is 0 Å². The molecule has 4 aromatic rings. The molecule has 0 aliphatic rings. The molecule has 0 saturated carbocycles. The molecule has 3 heterocycles. The Balaban J connectivity index is 1.64. The molecule has 0 bridgehead atoms. The first-order valence-corrected chi connectivity index (χ1v) is 8.18. The highest BCUT2D eigenvalue weighted by Gasteiger charge is 2.17. The SMILES string of the molecule is Cn1c(COCc2ccccc2)nc2c[n+]([O-])c3ccsc3c21. The lowest BCUT2D eigenvalue weighted by molar-refractivity contribution is -0.575. The average molecular weight is 325 g/mol. The van der Waals surface area contributed by atoms with Crippen LogP contribution in [0.3, 0.4) is 0 Å². The molecule has 0 spiro atoms. The fourth-order valence-electron chi connectivity index (χ4n) is 2.72. The maximum atomic E-state index is 12.0. The summed E-state index contributed by atoms with van der Waals surface area (Å²) in [7, 11) is 1.96. The van der Waals surface area contributed by atoms with E-state index >= 15 is 0 Å². The van der Waals surface area contributed by atoms with E-state index in [1.807, 2.05) is 53.4 Å². The predicted molar refractivity (Wildman–Crippen MR) is 90.0 cm³/mol. The van der Waals surface area contributed by atoms with Crippen molar-refractivity contribution in [2.24, 2.45) is 7.05 Å². The van der Waals surface area contributed by atoms with Crippen molar-refractivity contribution in [1.29, 1.82) is 0 Å². The molecule has 3 aromatic heterocycles. The summed E-state index contributed by atoms with van der Waals surface area (Å²) in [5.41, 5.74) is 3.50. The molecule has 0 unspecified atom stereocenters. The lowest BCUT2D eigenvalue weighted by atomic mass is 10.2. The van der Waals surface area contributed by atoms with E-state index in [2.05, 4.69) is 4.98 Å². The van der Waals surface area contributed by atoms with Crippen LogP contribution in [0.25, 0.3) is 21.3 Å². The summed E-state index contributed by atoms with van der Waals surface area (Å²) >= 11 is 1.56. The van der Waals surface area contributed by atoms with Crippen LogP contribution in [0.15, 0.2) is 48.0 Å². The number of pyridine rings is 1. The fourth-order valence-corrected chi connectivity index (χ4v) is 3.69. The molecule has 0 amide bonds. The first-order valence-electron chi connectivity index (χ1n) is 7.30. The van der Waals surface area contributed by atoms with Crippen molar-refractivity contribution >= 4 is 32.6 Å². The molecule has 6 heteroatoms. The van der Waals surface area contributed by atoms with E-state index in [-0.39, 0.29) is 0 Å². The topological polar surface area (TPSA) is 54.0 Å². The smallest absolute Gasteiger partial charge is 0.236 e. The Labute approximate surface area is 137 Å². The summed E-state index contributed by atoms with van der Waals surface area (Å²) in [5, 5.41) is 13.9. The molecule has 5 nitrogen and oxygen atoms in total. The van der Waals surface area contributed by atoms with Crippen LogP contribution in [-0.2, 0) is 25.0 Å².